The van der Waals surface area contributed by atoms with Gasteiger partial charge in [-0.25, -0.2) is 18.0 Å². The topological polar surface area (TPSA) is 79.1 Å². The van der Waals surface area contributed by atoms with Crippen LogP contribution in [0.3, 0.4) is 0 Å². The second-order valence-electron chi connectivity index (χ2n) is 8.73. The van der Waals surface area contributed by atoms with Crippen molar-refractivity contribution in [3.8, 4) is 5.75 Å². The molecule has 2 heterocycles. The van der Waals surface area contributed by atoms with E-state index in [1.807, 2.05) is 24.3 Å². The maximum atomic E-state index is 13.9. The third-order valence-corrected chi connectivity index (χ3v) is 6.30. The third-order valence-electron chi connectivity index (χ3n) is 6.30. The molecule has 0 saturated carbocycles. The minimum Gasteiger partial charge on any atom is -0.497 e. The van der Waals surface area contributed by atoms with Crippen molar-refractivity contribution in [2.45, 2.75) is 31.5 Å². The normalized spacial score (nSPS) is 18.8. The Morgan fingerprint density at radius 2 is 1.88 bits per heavy atom. The van der Waals surface area contributed by atoms with Gasteiger partial charge in [0.05, 0.1) is 13.2 Å². The van der Waals surface area contributed by atoms with Crippen LogP contribution in [0.15, 0.2) is 36.4 Å². The highest BCUT2D eigenvalue weighted by atomic mass is 19.2. The maximum Gasteiger partial charge on any atom is 0.320 e. The molecule has 0 radical (unpaired) electrons. The molecule has 10 heteroatoms. The summed E-state index contributed by atoms with van der Waals surface area (Å²) in [5.74, 6) is -2.81. The van der Waals surface area contributed by atoms with Gasteiger partial charge < -0.3 is 25.2 Å². The summed E-state index contributed by atoms with van der Waals surface area (Å²) in [6.45, 7) is 2.11. The number of fused-ring (bicyclic) bond motifs is 1. The molecule has 2 fully saturated rings. The highest BCUT2D eigenvalue weighted by Crippen LogP contribution is 2.24. The summed E-state index contributed by atoms with van der Waals surface area (Å²) in [6, 6.07) is 7.84. The van der Waals surface area contributed by atoms with Crippen LogP contribution in [-0.4, -0.2) is 72.0 Å². The van der Waals surface area contributed by atoms with Crippen LogP contribution in [0.1, 0.15) is 17.5 Å². The first-order valence-electron chi connectivity index (χ1n) is 11.1. The molecular formula is C24H27F3N4O3. The Labute approximate surface area is 195 Å². The van der Waals surface area contributed by atoms with Crippen LogP contribution >= 0.6 is 0 Å². The molecule has 2 aliphatic rings. The number of rotatable bonds is 7. The molecule has 4 rings (SSSR count). The first-order chi connectivity index (χ1) is 16.2. The standard InChI is InChI=1S/C24H27F3N4O3/c1-34-19-4-2-3-15(7-19)12-30-14-18-13-29(5-6-31(18)24(30)33)23(32)10-17(28)8-16-9-21(26)22(27)11-20(16)25/h2-4,7,9,11,17-18H,5-6,8,10,12-14,28H2,1H3/t17-,18?/m1/s1. The lowest BCUT2D eigenvalue weighted by molar-refractivity contribution is -0.133. The number of carbonyl (C=O) groups is 2. The molecule has 1 unspecified atom stereocenters. The Bertz CT molecular complexity index is 1080. The summed E-state index contributed by atoms with van der Waals surface area (Å²) in [7, 11) is 1.59. The van der Waals surface area contributed by atoms with E-state index in [0.29, 0.717) is 38.8 Å². The van der Waals surface area contributed by atoms with E-state index in [0.717, 1.165) is 17.4 Å². The van der Waals surface area contributed by atoms with Crippen molar-refractivity contribution in [3.63, 3.8) is 0 Å². The first kappa shape index (κ1) is 23.9. The molecule has 2 aliphatic heterocycles. The van der Waals surface area contributed by atoms with Gasteiger partial charge in [-0.05, 0) is 35.7 Å². The van der Waals surface area contributed by atoms with Gasteiger partial charge in [0.1, 0.15) is 11.6 Å². The number of urea groups is 1. The molecule has 0 aromatic heterocycles. The van der Waals surface area contributed by atoms with Crippen LogP contribution < -0.4 is 10.5 Å². The summed E-state index contributed by atoms with van der Waals surface area (Å²) >= 11 is 0. The van der Waals surface area contributed by atoms with Crippen LogP contribution in [0.25, 0.3) is 0 Å². The fraction of sp³-hybridized carbons (Fsp3) is 0.417. The van der Waals surface area contributed by atoms with Gasteiger partial charge in [-0.3, -0.25) is 4.79 Å². The van der Waals surface area contributed by atoms with E-state index in [1.165, 1.54) is 0 Å². The van der Waals surface area contributed by atoms with Crippen LogP contribution in [0.4, 0.5) is 18.0 Å². The Hall–Kier alpha value is -3.27. The van der Waals surface area contributed by atoms with E-state index in [2.05, 4.69) is 0 Å². The van der Waals surface area contributed by atoms with Crippen molar-refractivity contribution in [2.75, 3.05) is 33.3 Å². The number of benzene rings is 2. The summed E-state index contributed by atoms with van der Waals surface area (Å²) in [5, 5.41) is 0. The molecule has 2 atom stereocenters. The second kappa shape index (κ2) is 9.92. The van der Waals surface area contributed by atoms with E-state index in [9.17, 15) is 22.8 Å². The number of nitrogens with two attached hydrogens (primary N) is 1. The molecule has 2 aromatic carbocycles. The van der Waals surface area contributed by atoms with Gasteiger partial charge in [0.15, 0.2) is 11.6 Å². The average Bonchev–Trinajstić information content (AvgIpc) is 3.12. The molecule has 0 aliphatic carbocycles. The number of amides is 3. The van der Waals surface area contributed by atoms with Crippen molar-refractivity contribution in [1.82, 2.24) is 14.7 Å². The molecule has 3 amide bonds. The van der Waals surface area contributed by atoms with Crippen LogP contribution in [-0.2, 0) is 17.8 Å². The van der Waals surface area contributed by atoms with Gasteiger partial charge in [-0.1, -0.05) is 12.1 Å². The largest absolute Gasteiger partial charge is 0.497 e. The Kier molecular flexibility index (Phi) is 6.97. The number of carbonyl (C=O) groups excluding carboxylic acids is 2. The summed E-state index contributed by atoms with van der Waals surface area (Å²) in [5.41, 5.74) is 6.90. The Morgan fingerprint density at radius 3 is 2.65 bits per heavy atom. The van der Waals surface area contributed by atoms with Crippen molar-refractivity contribution < 1.29 is 27.5 Å². The number of hydrogen-bond donors (Lipinski definition) is 1. The number of ether oxygens (including phenoxy) is 1. The highest BCUT2D eigenvalue weighted by molar-refractivity contribution is 5.80. The zero-order chi connectivity index (χ0) is 24.4. The average molecular weight is 476 g/mol. The zero-order valence-corrected chi connectivity index (χ0v) is 18.8. The van der Waals surface area contributed by atoms with E-state index >= 15 is 0 Å². The molecule has 182 valence electrons. The summed E-state index contributed by atoms with van der Waals surface area (Å²) in [4.78, 5) is 30.8. The van der Waals surface area contributed by atoms with Gasteiger partial charge in [-0.2, -0.15) is 0 Å². The molecule has 2 saturated heterocycles. The van der Waals surface area contributed by atoms with E-state index in [-0.39, 0.29) is 36.4 Å². The number of halogens is 3. The molecule has 7 nitrogen and oxygen atoms in total. The van der Waals surface area contributed by atoms with Gasteiger partial charge in [-0.15, -0.1) is 0 Å². The van der Waals surface area contributed by atoms with E-state index < -0.39 is 23.5 Å². The fourth-order valence-electron chi connectivity index (χ4n) is 4.56. The maximum absolute atomic E-state index is 13.9. The molecule has 2 N–H and O–H groups in total. The second-order valence-corrected chi connectivity index (χ2v) is 8.73. The quantitative estimate of drug-likeness (QED) is 0.623. The summed E-state index contributed by atoms with van der Waals surface area (Å²) < 4.78 is 45.7. The zero-order valence-electron chi connectivity index (χ0n) is 18.8. The molecule has 34 heavy (non-hydrogen) atoms. The minimum absolute atomic E-state index is 0.0629. The molecular weight excluding hydrogens is 449 g/mol. The lowest BCUT2D eigenvalue weighted by atomic mass is 10.0. The van der Waals surface area contributed by atoms with E-state index in [4.69, 9.17) is 10.5 Å². The van der Waals surface area contributed by atoms with Gasteiger partial charge in [0, 0.05) is 51.3 Å². The minimum atomic E-state index is -1.27. The van der Waals surface area contributed by atoms with Gasteiger partial charge in [0.2, 0.25) is 5.91 Å². The summed E-state index contributed by atoms with van der Waals surface area (Å²) in [6.07, 6.45) is -0.155. The van der Waals surface area contributed by atoms with Gasteiger partial charge in [0.25, 0.3) is 0 Å². The predicted octanol–water partition coefficient (Wildman–Crippen LogP) is 2.52. The smallest absolute Gasteiger partial charge is 0.320 e. The van der Waals surface area contributed by atoms with Crippen molar-refractivity contribution in [2.24, 2.45) is 5.73 Å². The SMILES string of the molecule is COc1cccc(CN2CC3CN(C(=O)C[C@H](N)Cc4cc(F)c(F)cc4F)CCN3C2=O)c1. The lowest BCUT2D eigenvalue weighted by Gasteiger charge is -2.36. The molecule has 0 spiro atoms. The number of hydrogen-bond acceptors (Lipinski definition) is 4. The number of nitrogens with zero attached hydrogens (tertiary/aromatic N) is 3. The van der Waals surface area contributed by atoms with Crippen molar-refractivity contribution >= 4 is 11.9 Å². The van der Waals surface area contributed by atoms with Crippen molar-refractivity contribution in [1.29, 1.82) is 0 Å². The third kappa shape index (κ3) is 5.11. The van der Waals surface area contributed by atoms with Gasteiger partial charge >= 0.3 is 6.03 Å². The fourth-order valence-corrected chi connectivity index (χ4v) is 4.56. The molecule has 0 bridgehead atoms. The number of methoxy groups -OCH3 is 1. The van der Waals surface area contributed by atoms with Crippen LogP contribution in [0, 0.1) is 17.5 Å². The monoisotopic (exact) mass is 476 g/mol. The predicted molar refractivity (Wildman–Crippen MR) is 118 cm³/mol. The Morgan fingerprint density at radius 1 is 1.12 bits per heavy atom. The lowest BCUT2D eigenvalue weighted by Crippen LogP contribution is -2.54. The highest BCUT2D eigenvalue weighted by Gasteiger charge is 2.41. The first-order valence-corrected chi connectivity index (χ1v) is 11.1. The Balaban J connectivity index is 1.33. The van der Waals surface area contributed by atoms with Crippen molar-refractivity contribution in [3.05, 3.63) is 65.0 Å². The molecule has 2 aromatic rings. The van der Waals surface area contributed by atoms with Crippen LogP contribution in [0.5, 0.6) is 5.75 Å². The van der Waals surface area contributed by atoms with E-state index in [1.54, 1.807) is 21.8 Å². The number of piperazine rings is 1. The van der Waals surface area contributed by atoms with Crippen LogP contribution in [0.2, 0.25) is 0 Å².